The minimum Gasteiger partial charge on any atom is -0.491 e. The largest absolute Gasteiger partial charge is 0.491 e. The van der Waals surface area contributed by atoms with E-state index < -0.39 is 0 Å². The molecule has 0 bridgehead atoms. The van der Waals surface area contributed by atoms with E-state index in [4.69, 9.17) is 37.4 Å². The third-order valence-electron chi connectivity index (χ3n) is 4.84. The Morgan fingerprint density at radius 2 is 1.82 bits per heavy atom. The van der Waals surface area contributed by atoms with Crippen LogP contribution in [0.3, 0.4) is 0 Å². The molecule has 0 unspecified atom stereocenters. The zero-order valence-corrected chi connectivity index (χ0v) is 16.7. The lowest BCUT2D eigenvalue weighted by atomic mass is 10.1. The molecule has 28 heavy (non-hydrogen) atoms. The molecule has 4 rings (SSSR count). The Morgan fingerprint density at radius 3 is 2.61 bits per heavy atom. The molecule has 2 aromatic rings. The first kappa shape index (κ1) is 19.2. The second-order valence-electron chi connectivity index (χ2n) is 6.60. The summed E-state index contributed by atoms with van der Waals surface area (Å²) in [5.74, 6) is 1.66. The fourth-order valence-electron chi connectivity index (χ4n) is 3.29. The molecular formula is C20H20Cl2N2O4. The van der Waals surface area contributed by atoms with Crippen LogP contribution >= 0.6 is 23.2 Å². The number of para-hydroxylation sites is 1. The first-order valence-electron chi connectivity index (χ1n) is 9.10. The number of halogens is 2. The Labute approximate surface area is 173 Å². The van der Waals surface area contributed by atoms with Crippen molar-refractivity contribution in [1.29, 1.82) is 0 Å². The third kappa shape index (κ3) is 4.14. The molecule has 2 aliphatic rings. The van der Waals surface area contributed by atoms with Gasteiger partial charge in [-0.2, -0.15) is 0 Å². The molecule has 1 fully saturated rings. The Kier molecular flexibility index (Phi) is 5.80. The quantitative estimate of drug-likeness (QED) is 0.736. The van der Waals surface area contributed by atoms with E-state index in [9.17, 15) is 4.79 Å². The van der Waals surface area contributed by atoms with Crippen molar-refractivity contribution in [1.82, 2.24) is 9.80 Å². The van der Waals surface area contributed by atoms with Gasteiger partial charge in [0, 0.05) is 38.3 Å². The van der Waals surface area contributed by atoms with Gasteiger partial charge in [0.25, 0.3) is 5.91 Å². The lowest BCUT2D eigenvalue weighted by molar-refractivity contribution is 0.0620. The number of ether oxygens (including phenoxy) is 3. The van der Waals surface area contributed by atoms with Crippen molar-refractivity contribution >= 4 is 29.1 Å². The molecule has 2 heterocycles. The monoisotopic (exact) mass is 422 g/mol. The molecule has 0 aromatic heterocycles. The summed E-state index contributed by atoms with van der Waals surface area (Å²) in [7, 11) is 0. The first-order valence-corrected chi connectivity index (χ1v) is 9.85. The van der Waals surface area contributed by atoms with Crippen molar-refractivity contribution in [3.63, 3.8) is 0 Å². The highest BCUT2D eigenvalue weighted by Crippen LogP contribution is 2.40. The molecule has 148 valence electrons. The molecule has 0 spiro atoms. The molecule has 0 aliphatic carbocycles. The Hall–Kier alpha value is -2.15. The van der Waals surface area contributed by atoms with Crippen LogP contribution in [0.2, 0.25) is 10.0 Å². The Balaban J connectivity index is 1.28. The molecule has 1 saturated heterocycles. The van der Waals surface area contributed by atoms with E-state index in [0.717, 1.165) is 19.6 Å². The summed E-state index contributed by atoms with van der Waals surface area (Å²) >= 11 is 12.3. The van der Waals surface area contributed by atoms with Crippen molar-refractivity contribution in [3.8, 4) is 17.2 Å². The second kappa shape index (κ2) is 8.47. The number of rotatable bonds is 5. The smallest absolute Gasteiger partial charge is 0.254 e. The zero-order valence-electron chi connectivity index (χ0n) is 15.2. The molecule has 0 atom stereocenters. The van der Waals surface area contributed by atoms with Crippen LogP contribution in [0.25, 0.3) is 0 Å². The fourth-order valence-corrected chi connectivity index (χ4v) is 3.75. The number of fused-ring (bicyclic) bond motifs is 1. The van der Waals surface area contributed by atoms with Crippen molar-refractivity contribution in [2.24, 2.45) is 0 Å². The van der Waals surface area contributed by atoms with Crippen molar-refractivity contribution < 1.29 is 19.0 Å². The normalized spacial score (nSPS) is 16.3. The average molecular weight is 423 g/mol. The van der Waals surface area contributed by atoms with Crippen LogP contribution in [0.5, 0.6) is 17.2 Å². The van der Waals surface area contributed by atoms with E-state index in [2.05, 4.69) is 4.90 Å². The summed E-state index contributed by atoms with van der Waals surface area (Å²) in [6.45, 7) is 4.33. The molecule has 1 amide bonds. The van der Waals surface area contributed by atoms with Crippen LogP contribution < -0.4 is 14.2 Å². The lowest BCUT2D eigenvalue weighted by Crippen LogP contribution is -2.49. The van der Waals surface area contributed by atoms with Crippen molar-refractivity contribution in [2.45, 2.75) is 0 Å². The maximum atomic E-state index is 12.8. The number of benzene rings is 2. The maximum absolute atomic E-state index is 12.8. The number of hydrogen-bond donors (Lipinski definition) is 0. The van der Waals surface area contributed by atoms with Gasteiger partial charge in [-0.1, -0.05) is 35.3 Å². The lowest BCUT2D eigenvalue weighted by Gasteiger charge is -2.34. The molecule has 0 N–H and O–H groups in total. The average Bonchev–Trinajstić information content (AvgIpc) is 3.19. The summed E-state index contributed by atoms with van der Waals surface area (Å²) in [6, 6.07) is 10.8. The molecule has 0 radical (unpaired) electrons. The number of carbonyl (C=O) groups is 1. The maximum Gasteiger partial charge on any atom is 0.254 e. The van der Waals surface area contributed by atoms with Gasteiger partial charge in [0.1, 0.15) is 12.4 Å². The first-order chi connectivity index (χ1) is 13.6. The summed E-state index contributed by atoms with van der Waals surface area (Å²) in [5.41, 5.74) is 0.518. The second-order valence-corrected chi connectivity index (χ2v) is 7.42. The van der Waals surface area contributed by atoms with E-state index >= 15 is 0 Å². The van der Waals surface area contributed by atoms with Gasteiger partial charge in [-0.25, -0.2) is 0 Å². The highest BCUT2D eigenvalue weighted by molar-refractivity contribution is 6.32. The van der Waals surface area contributed by atoms with Crippen molar-refractivity contribution in [2.75, 3.05) is 46.1 Å². The summed E-state index contributed by atoms with van der Waals surface area (Å²) < 4.78 is 16.4. The molecule has 2 aromatic carbocycles. The third-order valence-corrected chi connectivity index (χ3v) is 5.43. The van der Waals surface area contributed by atoms with Gasteiger partial charge in [0.15, 0.2) is 11.5 Å². The summed E-state index contributed by atoms with van der Waals surface area (Å²) in [4.78, 5) is 16.9. The topological polar surface area (TPSA) is 51.2 Å². The molecule has 0 saturated carbocycles. The SMILES string of the molecule is O=C(c1cc(Cl)c2c(c1)OCO2)N1CCN(CCOc2ccccc2Cl)CC1. The Morgan fingerprint density at radius 1 is 1.04 bits per heavy atom. The van der Waals surface area contributed by atoms with E-state index in [1.54, 1.807) is 12.1 Å². The minimum atomic E-state index is -0.0489. The number of hydrogen-bond acceptors (Lipinski definition) is 5. The number of carbonyl (C=O) groups excluding carboxylic acids is 1. The van der Waals surface area contributed by atoms with Crippen LogP contribution in [0.1, 0.15) is 10.4 Å². The molecular weight excluding hydrogens is 403 g/mol. The van der Waals surface area contributed by atoms with E-state index in [-0.39, 0.29) is 12.7 Å². The number of amides is 1. The van der Waals surface area contributed by atoms with Crippen LogP contribution in [-0.4, -0.2) is 61.8 Å². The summed E-state index contributed by atoms with van der Waals surface area (Å²) in [6.07, 6.45) is 0. The predicted molar refractivity (Wildman–Crippen MR) is 107 cm³/mol. The fraction of sp³-hybridized carbons (Fsp3) is 0.350. The van der Waals surface area contributed by atoms with E-state index in [1.807, 2.05) is 29.2 Å². The number of piperazine rings is 1. The van der Waals surface area contributed by atoms with E-state index in [1.165, 1.54) is 0 Å². The van der Waals surface area contributed by atoms with Crippen molar-refractivity contribution in [3.05, 3.63) is 52.0 Å². The van der Waals surface area contributed by atoms with Crippen LogP contribution in [0.15, 0.2) is 36.4 Å². The van der Waals surface area contributed by atoms with Gasteiger partial charge in [0.05, 0.1) is 10.0 Å². The van der Waals surface area contributed by atoms with E-state index in [0.29, 0.717) is 52.6 Å². The predicted octanol–water partition coefficient (Wildman–Crippen LogP) is 3.56. The van der Waals surface area contributed by atoms with Crippen LogP contribution in [-0.2, 0) is 0 Å². The van der Waals surface area contributed by atoms with Gasteiger partial charge in [-0.05, 0) is 24.3 Å². The van der Waals surface area contributed by atoms with Gasteiger partial charge in [-0.3, -0.25) is 9.69 Å². The van der Waals surface area contributed by atoms with Gasteiger partial charge >= 0.3 is 0 Å². The highest BCUT2D eigenvalue weighted by atomic mass is 35.5. The molecule has 2 aliphatic heterocycles. The standard InChI is InChI=1S/C20H20Cl2N2O4/c21-15-3-1-2-4-17(15)26-10-9-23-5-7-24(8-6-23)20(25)14-11-16(22)19-18(12-14)27-13-28-19/h1-4,11-12H,5-10,13H2. The van der Waals surface area contributed by atoms with Crippen LogP contribution in [0.4, 0.5) is 0 Å². The van der Waals surface area contributed by atoms with Gasteiger partial charge in [0.2, 0.25) is 6.79 Å². The Bertz CT molecular complexity index is 869. The summed E-state index contributed by atoms with van der Waals surface area (Å²) in [5, 5.41) is 1.01. The zero-order chi connectivity index (χ0) is 19.5. The molecule has 6 nitrogen and oxygen atoms in total. The minimum absolute atomic E-state index is 0.0489. The van der Waals surface area contributed by atoms with Gasteiger partial charge in [-0.15, -0.1) is 0 Å². The highest BCUT2D eigenvalue weighted by Gasteiger charge is 2.25. The van der Waals surface area contributed by atoms with Crippen LogP contribution in [0, 0.1) is 0 Å². The molecule has 8 heteroatoms. The number of nitrogens with zero attached hydrogens (tertiary/aromatic N) is 2. The van der Waals surface area contributed by atoms with Gasteiger partial charge < -0.3 is 19.1 Å².